The third-order valence-electron chi connectivity index (χ3n) is 1.63. The molecule has 3 heteroatoms. The van der Waals surface area contributed by atoms with Crippen molar-refractivity contribution in [1.29, 1.82) is 0 Å². The van der Waals surface area contributed by atoms with E-state index in [0.29, 0.717) is 6.42 Å². The third kappa shape index (κ3) is 1.95. The average Bonchev–Trinajstić information content (AvgIpc) is 2.51. The van der Waals surface area contributed by atoms with Crippen LogP contribution in [0.5, 0.6) is 0 Å². The Labute approximate surface area is 75.7 Å². The number of nitrogens with two attached hydrogens (primary N) is 1. The van der Waals surface area contributed by atoms with Crippen LogP contribution >= 0.6 is 11.3 Å². The minimum atomic E-state index is -0.280. The summed E-state index contributed by atoms with van der Waals surface area (Å²) in [5.41, 5.74) is 5.23. The normalized spacial score (nSPS) is 12.3. The van der Waals surface area contributed by atoms with Gasteiger partial charge in [-0.05, 0) is 17.9 Å². The number of carbonyl (C=O) groups is 1. The van der Waals surface area contributed by atoms with Crippen LogP contribution in [0, 0.1) is 0 Å². The van der Waals surface area contributed by atoms with Crippen LogP contribution in [0.1, 0.15) is 17.2 Å². The van der Waals surface area contributed by atoms with E-state index in [9.17, 15) is 4.79 Å². The van der Waals surface area contributed by atoms with Gasteiger partial charge in [-0.2, -0.15) is 0 Å². The molecular formula is C9H11NOS. The zero-order chi connectivity index (χ0) is 8.97. The smallest absolute Gasteiger partial charge is 0.226 e. The van der Waals surface area contributed by atoms with E-state index in [1.165, 1.54) is 0 Å². The molecule has 2 N–H and O–H groups in total. The molecule has 2 nitrogen and oxygen atoms in total. The van der Waals surface area contributed by atoms with Crippen molar-refractivity contribution in [1.82, 2.24) is 0 Å². The molecule has 64 valence electrons. The summed E-state index contributed by atoms with van der Waals surface area (Å²) in [5, 5.41) is 1.94. The van der Waals surface area contributed by atoms with E-state index in [4.69, 9.17) is 5.73 Å². The largest absolute Gasteiger partial charge is 0.369 e. The molecule has 0 radical (unpaired) electrons. The van der Waals surface area contributed by atoms with Gasteiger partial charge < -0.3 is 5.73 Å². The number of rotatable bonds is 4. The van der Waals surface area contributed by atoms with Gasteiger partial charge in [0.25, 0.3) is 0 Å². The lowest BCUT2D eigenvalue weighted by molar-refractivity contribution is -0.119. The van der Waals surface area contributed by atoms with Crippen molar-refractivity contribution in [3.8, 4) is 0 Å². The molecular weight excluding hydrogens is 170 g/mol. The van der Waals surface area contributed by atoms with Crippen molar-refractivity contribution in [3.05, 3.63) is 35.0 Å². The van der Waals surface area contributed by atoms with Crippen molar-refractivity contribution < 1.29 is 4.79 Å². The van der Waals surface area contributed by atoms with Gasteiger partial charge in [0.15, 0.2) is 0 Å². The summed E-state index contributed by atoms with van der Waals surface area (Å²) >= 11 is 1.55. The summed E-state index contributed by atoms with van der Waals surface area (Å²) in [6.07, 6.45) is 2.34. The van der Waals surface area contributed by atoms with Crippen molar-refractivity contribution >= 4 is 17.2 Å². The quantitative estimate of drug-likeness (QED) is 0.708. The summed E-state index contributed by atoms with van der Waals surface area (Å²) in [6, 6.07) is 3.84. The summed E-state index contributed by atoms with van der Waals surface area (Å²) < 4.78 is 0. The van der Waals surface area contributed by atoms with Crippen LogP contribution in [-0.4, -0.2) is 5.91 Å². The number of hydrogen-bond acceptors (Lipinski definition) is 2. The number of hydrogen-bond donors (Lipinski definition) is 1. The van der Waals surface area contributed by atoms with Crippen LogP contribution in [0.4, 0.5) is 0 Å². The van der Waals surface area contributed by atoms with E-state index in [0.717, 1.165) is 4.88 Å². The van der Waals surface area contributed by atoms with Crippen LogP contribution in [-0.2, 0) is 4.79 Å². The molecule has 12 heavy (non-hydrogen) atoms. The first-order valence-corrected chi connectivity index (χ1v) is 4.57. The van der Waals surface area contributed by atoms with Gasteiger partial charge in [-0.25, -0.2) is 0 Å². The molecule has 0 aliphatic rings. The van der Waals surface area contributed by atoms with Crippen molar-refractivity contribution in [2.45, 2.75) is 12.3 Å². The molecule has 0 aliphatic heterocycles. The maximum absolute atomic E-state index is 11.0. The fourth-order valence-electron chi connectivity index (χ4n) is 1.03. The molecule has 0 bridgehead atoms. The Morgan fingerprint density at radius 1 is 1.83 bits per heavy atom. The second kappa shape index (κ2) is 4.07. The summed E-state index contributed by atoms with van der Waals surface area (Å²) in [6.45, 7) is 3.59. The van der Waals surface area contributed by atoms with Crippen molar-refractivity contribution in [3.63, 3.8) is 0 Å². The SMILES string of the molecule is C=CCC(C(N)=O)c1cccs1. The molecule has 1 amide bonds. The molecule has 0 saturated carbocycles. The van der Waals surface area contributed by atoms with Gasteiger partial charge in [-0.1, -0.05) is 12.1 Å². The molecule has 1 aromatic heterocycles. The van der Waals surface area contributed by atoms with Crippen molar-refractivity contribution in [2.24, 2.45) is 5.73 Å². The average molecular weight is 181 g/mol. The monoisotopic (exact) mass is 181 g/mol. The summed E-state index contributed by atoms with van der Waals surface area (Å²) in [7, 11) is 0. The van der Waals surface area contributed by atoms with Crippen LogP contribution in [0.25, 0.3) is 0 Å². The van der Waals surface area contributed by atoms with Crippen LogP contribution < -0.4 is 5.73 Å². The predicted octanol–water partition coefficient (Wildman–Crippen LogP) is 1.89. The highest BCUT2D eigenvalue weighted by atomic mass is 32.1. The van der Waals surface area contributed by atoms with Crippen LogP contribution in [0.15, 0.2) is 30.2 Å². The maximum atomic E-state index is 11.0. The van der Waals surface area contributed by atoms with E-state index in [-0.39, 0.29) is 11.8 Å². The molecule has 0 aliphatic carbocycles. The lowest BCUT2D eigenvalue weighted by Crippen LogP contribution is -2.19. The number of thiophene rings is 1. The summed E-state index contributed by atoms with van der Waals surface area (Å²) in [4.78, 5) is 12.0. The topological polar surface area (TPSA) is 43.1 Å². The van der Waals surface area contributed by atoms with Gasteiger partial charge in [-0.3, -0.25) is 4.79 Å². The highest BCUT2D eigenvalue weighted by molar-refractivity contribution is 7.10. The fraction of sp³-hybridized carbons (Fsp3) is 0.222. The van der Waals surface area contributed by atoms with Crippen molar-refractivity contribution in [2.75, 3.05) is 0 Å². The van der Waals surface area contributed by atoms with E-state index in [1.807, 2.05) is 17.5 Å². The molecule has 1 heterocycles. The molecule has 1 atom stereocenters. The second-order valence-electron chi connectivity index (χ2n) is 2.49. The fourth-order valence-corrected chi connectivity index (χ4v) is 1.88. The minimum Gasteiger partial charge on any atom is -0.369 e. The standard InChI is InChI=1S/C9H11NOS/c1-2-4-7(9(10)11)8-5-3-6-12-8/h2-3,5-7H,1,4H2,(H2,10,11). The molecule has 0 fully saturated rings. The Kier molecular flexibility index (Phi) is 3.05. The van der Waals surface area contributed by atoms with Gasteiger partial charge in [0, 0.05) is 4.88 Å². The maximum Gasteiger partial charge on any atom is 0.226 e. The van der Waals surface area contributed by atoms with E-state index in [1.54, 1.807) is 17.4 Å². The van der Waals surface area contributed by atoms with Gasteiger partial charge >= 0.3 is 0 Å². The second-order valence-corrected chi connectivity index (χ2v) is 3.47. The van der Waals surface area contributed by atoms with E-state index >= 15 is 0 Å². The number of allylic oxidation sites excluding steroid dienone is 1. The molecule has 1 aromatic rings. The Balaban J connectivity index is 2.80. The molecule has 0 saturated heterocycles. The molecule has 1 rings (SSSR count). The van der Waals surface area contributed by atoms with Gasteiger partial charge in [0.05, 0.1) is 5.92 Å². The number of primary amides is 1. The number of amides is 1. The first-order valence-electron chi connectivity index (χ1n) is 3.69. The summed E-state index contributed by atoms with van der Waals surface area (Å²) in [5.74, 6) is -0.472. The van der Waals surface area contributed by atoms with Gasteiger partial charge in [0.1, 0.15) is 0 Å². The lowest BCUT2D eigenvalue weighted by atomic mass is 10.0. The van der Waals surface area contributed by atoms with Gasteiger partial charge in [0.2, 0.25) is 5.91 Å². The lowest BCUT2D eigenvalue weighted by Gasteiger charge is -2.07. The molecule has 0 aromatic carbocycles. The predicted molar refractivity (Wildman–Crippen MR) is 51.1 cm³/mol. The Hall–Kier alpha value is -1.09. The zero-order valence-electron chi connectivity index (χ0n) is 6.69. The molecule has 1 unspecified atom stereocenters. The highest BCUT2D eigenvalue weighted by Gasteiger charge is 2.16. The Bertz CT molecular complexity index is 266. The van der Waals surface area contributed by atoms with Crippen LogP contribution in [0.2, 0.25) is 0 Å². The van der Waals surface area contributed by atoms with E-state index in [2.05, 4.69) is 6.58 Å². The first kappa shape index (κ1) is 9.00. The minimum absolute atomic E-state index is 0.192. The first-order chi connectivity index (χ1) is 5.75. The Morgan fingerprint density at radius 3 is 3.00 bits per heavy atom. The molecule has 0 spiro atoms. The van der Waals surface area contributed by atoms with E-state index < -0.39 is 0 Å². The third-order valence-corrected chi connectivity index (χ3v) is 2.62. The Morgan fingerprint density at radius 2 is 2.58 bits per heavy atom. The zero-order valence-corrected chi connectivity index (χ0v) is 7.51. The number of carbonyl (C=O) groups excluding carboxylic acids is 1. The highest BCUT2D eigenvalue weighted by Crippen LogP contribution is 2.23. The van der Waals surface area contributed by atoms with Gasteiger partial charge in [-0.15, -0.1) is 17.9 Å². The van der Waals surface area contributed by atoms with Crippen LogP contribution in [0.3, 0.4) is 0 Å².